The van der Waals surface area contributed by atoms with E-state index in [0.717, 1.165) is 0 Å². The first-order valence-corrected chi connectivity index (χ1v) is 6.17. The molecule has 3 nitrogen and oxygen atoms in total. The zero-order chi connectivity index (χ0) is 8.31. The predicted molar refractivity (Wildman–Crippen MR) is 48.2 cm³/mol. The molecule has 0 spiro atoms. The van der Waals surface area contributed by atoms with Crippen LogP contribution in [0.3, 0.4) is 0 Å². The molecule has 0 aromatic carbocycles. The Kier molecular flexibility index (Phi) is 4.53. The van der Waals surface area contributed by atoms with E-state index >= 15 is 0 Å². The Bertz CT molecular complexity index is 74.0. The van der Waals surface area contributed by atoms with Gasteiger partial charge in [-0.25, -0.2) is 0 Å². The van der Waals surface area contributed by atoms with Gasteiger partial charge in [-0.3, -0.25) is 0 Å². The Labute approximate surface area is 69.5 Å². The molecule has 0 aliphatic heterocycles. The second kappa shape index (κ2) is 4.34. The van der Waals surface area contributed by atoms with Crippen LogP contribution in [0, 0.1) is 0 Å². The molecule has 0 amide bonds. The molecule has 0 fully saturated rings. The molecular formula is C6H19AsN3. The first-order valence-electron chi connectivity index (χ1n) is 3.35. The Balaban J connectivity index is 3.98. The van der Waals surface area contributed by atoms with E-state index in [2.05, 4.69) is 53.7 Å². The zero-order valence-corrected chi connectivity index (χ0v) is 9.94. The molecular weight excluding hydrogens is 189 g/mol. The fourth-order valence-electron chi connectivity index (χ4n) is 1.20. The SMILES string of the molecule is CN(C)[AsH](N(C)C)N(C)C. The molecule has 10 heavy (non-hydrogen) atoms. The van der Waals surface area contributed by atoms with Crippen LogP contribution in [0.1, 0.15) is 0 Å². The summed E-state index contributed by atoms with van der Waals surface area (Å²) in [7, 11) is 12.9. The summed E-state index contributed by atoms with van der Waals surface area (Å²) in [6.45, 7) is 0. The van der Waals surface area contributed by atoms with Crippen LogP contribution in [0.25, 0.3) is 0 Å². The third-order valence-corrected chi connectivity index (χ3v) is 6.24. The van der Waals surface area contributed by atoms with E-state index in [4.69, 9.17) is 0 Å². The fourth-order valence-corrected chi connectivity index (χ4v) is 6.24. The van der Waals surface area contributed by atoms with Crippen molar-refractivity contribution in [2.24, 2.45) is 0 Å². The average Bonchev–Trinajstić information content (AvgIpc) is 1.59. The van der Waals surface area contributed by atoms with Crippen LogP contribution in [0.2, 0.25) is 0 Å². The van der Waals surface area contributed by atoms with E-state index in [9.17, 15) is 0 Å². The van der Waals surface area contributed by atoms with Gasteiger partial charge in [0.05, 0.1) is 0 Å². The summed E-state index contributed by atoms with van der Waals surface area (Å²) in [6.07, 6.45) is 0. The van der Waals surface area contributed by atoms with Crippen molar-refractivity contribution in [3.8, 4) is 0 Å². The van der Waals surface area contributed by atoms with Crippen LogP contribution in [-0.2, 0) is 0 Å². The normalized spacial score (nSPS) is 12.6. The molecule has 0 aliphatic rings. The maximum atomic E-state index is 2.33. The molecule has 0 aromatic rings. The van der Waals surface area contributed by atoms with E-state index in [1.165, 1.54) is 0 Å². The first-order chi connectivity index (χ1) is 4.46. The molecule has 0 saturated heterocycles. The molecule has 0 aliphatic carbocycles. The third kappa shape index (κ3) is 3.02. The van der Waals surface area contributed by atoms with Crippen LogP contribution in [0.4, 0.5) is 0 Å². The van der Waals surface area contributed by atoms with Gasteiger partial charge >= 0.3 is 69.1 Å². The van der Waals surface area contributed by atoms with E-state index in [-0.39, 0.29) is 0 Å². The van der Waals surface area contributed by atoms with E-state index in [0.29, 0.717) is 0 Å². The van der Waals surface area contributed by atoms with Crippen LogP contribution >= 0.6 is 0 Å². The standard InChI is InChI=1S/C6H19AsN3/c1-8(2)7(9(3)4)10(5)6/h7H,1-6H3. The molecule has 1 radical (unpaired) electrons. The van der Waals surface area contributed by atoms with Crippen molar-refractivity contribution in [1.29, 1.82) is 0 Å². The van der Waals surface area contributed by atoms with Gasteiger partial charge in [0, 0.05) is 0 Å². The fraction of sp³-hybridized carbons (Fsp3) is 1.00. The summed E-state index contributed by atoms with van der Waals surface area (Å²) in [6, 6.07) is 0. The molecule has 0 bridgehead atoms. The quantitative estimate of drug-likeness (QED) is 0.573. The van der Waals surface area contributed by atoms with Gasteiger partial charge in [0.2, 0.25) is 0 Å². The third-order valence-electron chi connectivity index (χ3n) is 1.20. The number of nitrogens with zero attached hydrogens (tertiary/aromatic N) is 3. The Morgan fingerprint density at radius 2 is 0.800 bits per heavy atom. The van der Waals surface area contributed by atoms with Crippen molar-refractivity contribution in [1.82, 2.24) is 11.5 Å². The molecule has 63 valence electrons. The van der Waals surface area contributed by atoms with E-state index in [1.807, 2.05) is 0 Å². The number of hydrogen-bond donors (Lipinski definition) is 0. The maximum absolute atomic E-state index is 2.33. The first kappa shape index (κ1) is 10.4. The van der Waals surface area contributed by atoms with Crippen molar-refractivity contribution in [2.75, 3.05) is 42.3 Å². The Morgan fingerprint density at radius 3 is 0.800 bits per heavy atom. The summed E-state index contributed by atoms with van der Waals surface area (Å²) >= 11 is -1.22. The summed E-state index contributed by atoms with van der Waals surface area (Å²) in [5, 5.41) is 0. The topological polar surface area (TPSA) is 9.72 Å². The van der Waals surface area contributed by atoms with E-state index in [1.54, 1.807) is 0 Å². The second-order valence-electron chi connectivity index (χ2n) is 2.98. The minimum atomic E-state index is -1.22. The van der Waals surface area contributed by atoms with Crippen LogP contribution in [0.5, 0.6) is 0 Å². The van der Waals surface area contributed by atoms with E-state index < -0.39 is 15.3 Å². The van der Waals surface area contributed by atoms with Gasteiger partial charge < -0.3 is 0 Å². The van der Waals surface area contributed by atoms with Gasteiger partial charge in [-0.05, 0) is 0 Å². The van der Waals surface area contributed by atoms with Crippen molar-refractivity contribution in [2.45, 2.75) is 0 Å². The van der Waals surface area contributed by atoms with Gasteiger partial charge in [0.1, 0.15) is 0 Å². The summed E-state index contributed by atoms with van der Waals surface area (Å²) in [5.41, 5.74) is 0. The number of rotatable bonds is 3. The average molecular weight is 208 g/mol. The van der Waals surface area contributed by atoms with Gasteiger partial charge in [0.25, 0.3) is 0 Å². The Hall–Kier alpha value is 0.438. The van der Waals surface area contributed by atoms with Gasteiger partial charge in [-0.15, -0.1) is 0 Å². The van der Waals surface area contributed by atoms with Crippen LogP contribution < -0.4 is 0 Å². The van der Waals surface area contributed by atoms with Gasteiger partial charge in [-0.2, -0.15) is 0 Å². The second-order valence-corrected chi connectivity index (χ2v) is 9.87. The van der Waals surface area contributed by atoms with Crippen molar-refractivity contribution < 1.29 is 0 Å². The Morgan fingerprint density at radius 1 is 0.600 bits per heavy atom. The summed E-state index contributed by atoms with van der Waals surface area (Å²) < 4.78 is 7.00. The van der Waals surface area contributed by atoms with Crippen molar-refractivity contribution in [3.63, 3.8) is 0 Å². The van der Waals surface area contributed by atoms with Crippen molar-refractivity contribution in [3.05, 3.63) is 0 Å². The van der Waals surface area contributed by atoms with Gasteiger partial charge in [0.15, 0.2) is 0 Å². The summed E-state index contributed by atoms with van der Waals surface area (Å²) in [4.78, 5) is 0. The molecule has 0 unspecified atom stereocenters. The molecule has 0 rings (SSSR count). The zero-order valence-electron chi connectivity index (χ0n) is 7.84. The van der Waals surface area contributed by atoms with Crippen LogP contribution in [0.15, 0.2) is 0 Å². The van der Waals surface area contributed by atoms with Crippen LogP contribution in [-0.4, -0.2) is 69.1 Å². The molecule has 0 aromatic heterocycles. The molecule has 0 N–H and O–H groups in total. The molecule has 0 atom stereocenters. The predicted octanol–water partition coefficient (Wildman–Crippen LogP) is -0.612. The minimum absolute atomic E-state index is 1.22. The van der Waals surface area contributed by atoms with Gasteiger partial charge in [-0.1, -0.05) is 0 Å². The number of hydrogen-bond acceptors (Lipinski definition) is 3. The van der Waals surface area contributed by atoms with Crippen molar-refractivity contribution >= 4 is 15.3 Å². The molecule has 4 heteroatoms. The molecule has 0 heterocycles. The summed E-state index contributed by atoms with van der Waals surface area (Å²) in [5.74, 6) is 0. The molecule has 0 saturated carbocycles. The monoisotopic (exact) mass is 208 g/mol.